The van der Waals surface area contributed by atoms with Crippen LogP contribution in [0.15, 0.2) is 41.3 Å². The minimum absolute atomic E-state index is 0.108. The number of anilines is 1. The molecule has 2 aromatic rings. The van der Waals surface area contributed by atoms with Gasteiger partial charge in [0, 0.05) is 10.7 Å². The van der Waals surface area contributed by atoms with Crippen LogP contribution < -0.4 is 14.8 Å². The van der Waals surface area contributed by atoms with Crippen molar-refractivity contribution in [3.8, 4) is 5.75 Å². The molecule has 0 fully saturated rings. The summed E-state index contributed by atoms with van der Waals surface area (Å²) in [5.41, 5.74) is 2.46. The van der Waals surface area contributed by atoms with Crippen molar-refractivity contribution in [1.29, 1.82) is 0 Å². The van der Waals surface area contributed by atoms with Crippen molar-refractivity contribution in [2.45, 2.75) is 38.6 Å². The maximum atomic E-state index is 12.8. The fourth-order valence-electron chi connectivity index (χ4n) is 2.56. The smallest absolute Gasteiger partial charge is 0.245 e. The summed E-state index contributed by atoms with van der Waals surface area (Å²) in [5, 5.41) is 3.04. The summed E-state index contributed by atoms with van der Waals surface area (Å²) >= 11 is 5.94. The van der Waals surface area contributed by atoms with Crippen LogP contribution in [0.2, 0.25) is 5.02 Å². The van der Waals surface area contributed by atoms with E-state index < -0.39 is 22.0 Å². The largest absolute Gasteiger partial charge is 0.492 e. The summed E-state index contributed by atoms with van der Waals surface area (Å²) < 4.78 is 33.3. The van der Waals surface area contributed by atoms with E-state index >= 15 is 0 Å². The van der Waals surface area contributed by atoms with E-state index in [4.69, 9.17) is 16.3 Å². The zero-order valence-corrected chi connectivity index (χ0v) is 17.2. The van der Waals surface area contributed by atoms with Gasteiger partial charge in [-0.1, -0.05) is 29.8 Å². The van der Waals surface area contributed by atoms with Gasteiger partial charge in [-0.05, 0) is 57.0 Å². The fraction of sp³-hybridized carbons (Fsp3) is 0.316. The SMILES string of the molecule is CCOc1ccc(Cl)cc1S(=O)(=O)NC(C)C(=O)Nc1c(C)cccc1C. The van der Waals surface area contributed by atoms with E-state index in [1.165, 1.54) is 19.1 Å². The number of para-hydroxylation sites is 1. The summed E-state index contributed by atoms with van der Waals surface area (Å²) in [6.07, 6.45) is 0. The van der Waals surface area contributed by atoms with E-state index in [0.717, 1.165) is 11.1 Å². The third-order valence-electron chi connectivity index (χ3n) is 3.95. The van der Waals surface area contributed by atoms with Crippen LogP contribution >= 0.6 is 11.6 Å². The van der Waals surface area contributed by atoms with Gasteiger partial charge in [-0.15, -0.1) is 0 Å². The summed E-state index contributed by atoms with van der Waals surface area (Å²) in [6, 6.07) is 8.97. The molecule has 6 nitrogen and oxygen atoms in total. The molecule has 2 aromatic carbocycles. The number of nitrogens with one attached hydrogen (secondary N) is 2. The van der Waals surface area contributed by atoms with Crippen LogP contribution in [0, 0.1) is 13.8 Å². The average Bonchev–Trinajstić information content (AvgIpc) is 2.59. The summed E-state index contributed by atoms with van der Waals surface area (Å²) in [7, 11) is -4.01. The molecule has 0 aliphatic heterocycles. The minimum Gasteiger partial charge on any atom is -0.492 e. The maximum Gasteiger partial charge on any atom is 0.245 e. The van der Waals surface area contributed by atoms with Gasteiger partial charge in [0.2, 0.25) is 15.9 Å². The monoisotopic (exact) mass is 410 g/mol. The van der Waals surface area contributed by atoms with Gasteiger partial charge >= 0.3 is 0 Å². The molecule has 146 valence electrons. The highest BCUT2D eigenvalue weighted by atomic mass is 35.5. The predicted molar refractivity (Wildman–Crippen MR) is 107 cm³/mol. The van der Waals surface area contributed by atoms with Crippen LogP contribution in [-0.4, -0.2) is 27.0 Å². The Kier molecular flexibility index (Phi) is 6.86. The molecule has 0 radical (unpaired) electrons. The number of ether oxygens (including phenoxy) is 1. The molecule has 0 aliphatic carbocycles. The highest BCUT2D eigenvalue weighted by Crippen LogP contribution is 2.27. The van der Waals surface area contributed by atoms with Gasteiger partial charge in [0.25, 0.3) is 0 Å². The van der Waals surface area contributed by atoms with Crippen molar-refractivity contribution in [3.63, 3.8) is 0 Å². The summed E-state index contributed by atoms with van der Waals surface area (Å²) in [5.74, 6) is -0.285. The second-order valence-electron chi connectivity index (χ2n) is 6.12. The highest BCUT2D eigenvalue weighted by molar-refractivity contribution is 7.89. The molecule has 0 spiro atoms. The molecule has 0 aromatic heterocycles. The Morgan fingerprint density at radius 3 is 2.41 bits per heavy atom. The normalized spacial score (nSPS) is 12.5. The fourth-order valence-corrected chi connectivity index (χ4v) is 4.17. The minimum atomic E-state index is -4.01. The molecular formula is C19H23ClN2O4S. The lowest BCUT2D eigenvalue weighted by atomic mass is 10.1. The van der Waals surface area contributed by atoms with Gasteiger partial charge < -0.3 is 10.1 Å². The van der Waals surface area contributed by atoms with Crippen molar-refractivity contribution >= 4 is 33.2 Å². The lowest BCUT2D eigenvalue weighted by Crippen LogP contribution is -2.41. The number of benzene rings is 2. The van der Waals surface area contributed by atoms with Gasteiger partial charge in [0.15, 0.2) is 0 Å². The quantitative estimate of drug-likeness (QED) is 0.729. The van der Waals surface area contributed by atoms with Gasteiger partial charge in [-0.25, -0.2) is 8.42 Å². The number of sulfonamides is 1. The lowest BCUT2D eigenvalue weighted by molar-refractivity contribution is -0.117. The number of hydrogen-bond acceptors (Lipinski definition) is 4. The van der Waals surface area contributed by atoms with E-state index in [-0.39, 0.29) is 15.7 Å². The number of carbonyl (C=O) groups is 1. The molecule has 0 saturated heterocycles. The molecule has 1 amide bonds. The topological polar surface area (TPSA) is 84.5 Å². The third kappa shape index (κ3) is 5.22. The van der Waals surface area contributed by atoms with Crippen molar-refractivity contribution in [2.24, 2.45) is 0 Å². The van der Waals surface area contributed by atoms with Gasteiger partial charge in [0.1, 0.15) is 10.6 Å². The van der Waals surface area contributed by atoms with E-state index in [0.29, 0.717) is 12.3 Å². The molecule has 0 heterocycles. The van der Waals surface area contributed by atoms with Gasteiger partial charge in [-0.2, -0.15) is 4.72 Å². The first-order valence-corrected chi connectivity index (χ1v) is 10.3. The zero-order chi connectivity index (χ0) is 20.2. The van der Waals surface area contributed by atoms with Crippen LogP contribution in [0.4, 0.5) is 5.69 Å². The molecule has 0 bridgehead atoms. The predicted octanol–water partition coefficient (Wildman–Crippen LogP) is 3.66. The Balaban J connectivity index is 2.22. The Hall–Kier alpha value is -2.09. The first-order chi connectivity index (χ1) is 12.7. The lowest BCUT2D eigenvalue weighted by Gasteiger charge is -2.18. The molecular weight excluding hydrogens is 388 g/mol. The Morgan fingerprint density at radius 1 is 1.19 bits per heavy atom. The van der Waals surface area contributed by atoms with Crippen LogP contribution in [0.1, 0.15) is 25.0 Å². The van der Waals surface area contributed by atoms with E-state index in [1.54, 1.807) is 13.0 Å². The van der Waals surface area contributed by atoms with E-state index in [2.05, 4.69) is 10.0 Å². The Morgan fingerprint density at radius 2 is 1.81 bits per heavy atom. The molecule has 1 unspecified atom stereocenters. The highest BCUT2D eigenvalue weighted by Gasteiger charge is 2.26. The van der Waals surface area contributed by atoms with E-state index in [9.17, 15) is 13.2 Å². The Labute approximate surface area is 164 Å². The maximum absolute atomic E-state index is 12.8. The number of carbonyl (C=O) groups excluding carboxylic acids is 1. The molecule has 0 aliphatic rings. The number of hydrogen-bond donors (Lipinski definition) is 2. The molecule has 8 heteroatoms. The van der Waals surface area contributed by atoms with Crippen LogP contribution in [0.5, 0.6) is 5.75 Å². The van der Waals surface area contributed by atoms with Crippen LogP contribution in [0.3, 0.4) is 0 Å². The number of halogens is 1. The second-order valence-corrected chi connectivity index (χ2v) is 8.24. The van der Waals surface area contributed by atoms with Gasteiger partial charge in [0.05, 0.1) is 12.6 Å². The molecule has 27 heavy (non-hydrogen) atoms. The first-order valence-electron chi connectivity index (χ1n) is 8.47. The van der Waals surface area contributed by atoms with Gasteiger partial charge in [-0.3, -0.25) is 4.79 Å². The van der Waals surface area contributed by atoms with Crippen molar-refractivity contribution < 1.29 is 17.9 Å². The van der Waals surface area contributed by atoms with Crippen molar-refractivity contribution in [1.82, 2.24) is 4.72 Å². The number of amides is 1. The number of aryl methyl sites for hydroxylation is 2. The number of rotatable bonds is 7. The van der Waals surface area contributed by atoms with E-state index in [1.807, 2.05) is 32.0 Å². The molecule has 1 atom stereocenters. The summed E-state index contributed by atoms with van der Waals surface area (Å²) in [4.78, 5) is 12.4. The Bertz CT molecular complexity index is 924. The van der Waals surface area contributed by atoms with Crippen molar-refractivity contribution in [3.05, 3.63) is 52.5 Å². The van der Waals surface area contributed by atoms with Crippen LogP contribution in [0.25, 0.3) is 0 Å². The molecule has 2 N–H and O–H groups in total. The molecule has 2 rings (SSSR count). The first kappa shape index (κ1) is 21.2. The summed E-state index contributed by atoms with van der Waals surface area (Å²) in [6.45, 7) is 7.27. The zero-order valence-electron chi connectivity index (χ0n) is 15.7. The van der Waals surface area contributed by atoms with Crippen molar-refractivity contribution in [2.75, 3.05) is 11.9 Å². The second kappa shape index (κ2) is 8.73. The average molecular weight is 411 g/mol. The standard InChI is InChI=1S/C19H23ClN2O4S/c1-5-26-16-10-9-15(20)11-17(16)27(24,25)22-14(4)19(23)21-18-12(2)7-6-8-13(18)3/h6-11,14,22H,5H2,1-4H3,(H,21,23). The third-order valence-corrected chi connectivity index (χ3v) is 5.75. The van der Waals surface area contributed by atoms with Crippen LogP contribution in [-0.2, 0) is 14.8 Å². The molecule has 0 saturated carbocycles.